The summed E-state index contributed by atoms with van der Waals surface area (Å²) in [4.78, 5) is 13.5. The normalized spacial score (nSPS) is 20.9. The van der Waals surface area contributed by atoms with Gasteiger partial charge < -0.3 is 5.11 Å². The smallest absolute Gasteiger partial charge is 0.307 e. The third kappa shape index (κ3) is 2.84. The average Bonchev–Trinajstić information content (AvgIpc) is 3.20. The van der Waals surface area contributed by atoms with Crippen molar-refractivity contribution in [2.75, 3.05) is 13.1 Å². The SMILES string of the molecule is O=C(O)C1CCCN(Cc2nn(-c3ccccc3)c3c2CCC3)C1. The Labute approximate surface area is 141 Å². The van der Waals surface area contributed by atoms with Crippen molar-refractivity contribution in [3.8, 4) is 5.69 Å². The van der Waals surface area contributed by atoms with Crippen molar-refractivity contribution < 1.29 is 9.90 Å². The molecular weight excluding hydrogens is 302 g/mol. The van der Waals surface area contributed by atoms with E-state index in [1.54, 1.807) is 0 Å². The number of carboxylic acid groups (broad SMARTS) is 1. The van der Waals surface area contributed by atoms with Crippen LogP contribution in [0.4, 0.5) is 0 Å². The lowest BCUT2D eigenvalue weighted by Crippen LogP contribution is -2.38. The molecule has 2 heterocycles. The molecule has 1 unspecified atom stereocenters. The first-order valence-corrected chi connectivity index (χ1v) is 8.82. The first kappa shape index (κ1) is 15.4. The van der Waals surface area contributed by atoms with Crippen molar-refractivity contribution >= 4 is 5.97 Å². The first-order chi connectivity index (χ1) is 11.7. The number of benzene rings is 1. The van der Waals surface area contributed by atoms with Crippen LogP contribution in [0.1, 0.15) is 36.2 Å². The molecule has 2 aliphatic rings. The summed E-state index contributed by atoms with van der Waals surface area (Å²) in [5, 5.41) is 14.2. The monoisotopic (exact) mass is 325 g/mol. The van der Waals surface area contributed by atoms with Gasteiger partial charge in [-0.25, -0.2) is 4.68 Å². The number of piperidine rings is 1. The van der Waals surface area contributed by atoms with Crippen LogP contribution in [0.2, 0.25) is 0 Å². The van der Waals surface area contributed by atoms with E-state index in [0.29, 0.717) is 6.54 Å². The summed E-state index contributed by atoms with van der Waals surface area (Å²) in [5.74, 6) is -0.900. The number of para-hydroxylation sites is 1. The predicted molar refractivity (Wildman–Crippen MR) is 91.2 cm³/mol. The van der Waals surface area contributed by atoms with Gasteiger partial charge in [0.05, 0.1) is 17.3 Å². The highest BCUT2D eigenvalue weighted by Gasteiger charge is 2.28. The van der Waals surface area contributed by atoms with Gasteiger partial charge in [0.15, 0.2) is 0 Å². The Morgan fingerprint density at radius 2 is 2.04 bits per heavy atom. The van der Waals surface area contributed by atoms with Gasteiger partial charge in [0.2, 0.25) is 0 Å². The largest absolute Gasteiger partial charge is 0.481 e. The second kappa shape index (κ2) is 6.40. The van der Waals surface area contributed by atoms with E-state index in [9.17, 15) is 9.90 Å². The predicted octanol–water partition coefficient (Wildman–Crippen LogP) is 2.66. The van der Waals surface area contributed by atoms with Crippen molar-refractivity contribution in [2.45, 2.75) is 38.6 Å². The lowest BCUT2D eigenvalue weighted by atomic mass is 9.98. The van der Waals surface area contributed by atoms with E-state index in [2.05, 4.69) is 21.7 Å². The van der Waals surface area contributed by atoms with Crippen molar-refractivity contribution in [1.29, 1.82) is 0 Å². The fourth-order valence-electron chi connectivity index (χ4n) is 4.04. The van der Waals surface area contributed by atoms with E-state index >= 15 is 0 Å². The lowest BCUT2D eigenvalue weighted by molar-refractivity contribution is -0.143. The van der Waals surface area contributed by atoms with Gasteiger partial charge in [0.1, 0.15) is 0 Å². The molecule has 1 aliphatic heterocycles. The van der Waals surface area contributed by atoms with Gasteiger partial charge >= 0.3 is 5.97 Å². The zero-order chi connectivity index (χ0) is 16.5. The number of hydrogen-bond donors (Lipinski definition) is 1. The van der Waals surface area contributed by atoms with Gasteiger partial charge in [0.25, 0.3) is 0 Å². The molecule has 1 atom stereocenters. The Morgan fingerprint density at radius 3 is 2.83 bits per heavy atom. The summed E-state index contributed by atoms with van der Waals surface area (Å²) < 4.78 is 2.09. The molecule has 0 spiro atoms. The van der Waals surface area contributed by atoms with Crippen molar-refractivity contribution in [3.05, 3.63) is 47.3 Å². The Bertz CT molecular complexity index is 739. The minimum absolute atomic E-state index is 0.233. The van der Waals surface area contributed by atoms with Crippen LogP contribution >= 0.6 is 0 Å². The standard InChI is InChI=1S/C19H23N3O2/c23-19(24)14-6-5-11-21(12-14)13-17-16-9-4-10-18(16)22(20-17)15-7-2-1-3-8-15/h1-3,7-8,14H,4-6,9-13H2,(H,23,24). The summed E-state index contributed by atoms with van der Waals surface area (Å²) in [7, 11) is 0. The summed E-state index contributed by atoms with van der Waals surface area (Å²) in [5.41, 5.74) is 4.97. The van der Waals surface area contributed by atoms with Gasteiger partial charge in [-0.05, 0) is 56.3 Å². The maximum Gasteiger partial charge on any atom is 0.307 e. The molecule has 1 aromatic carbocycles. The third-order valence-corrected chi connectivity index (χ3v) is 5.24. The molecule has 5 heteroatoms. The lowest BCUT2D eigenvalue weighted by Gasteiger charge is -2.30. The highest BCUT2D eigenvalue weighted by atomic mass is 16.4. The maximum absolute atomic E-state index is 11.3. The molecule has 0 bridgehead atoms. The van der Waals surface area contributed by atoms with E-state index < -0.39 is 5.97 Å². The van der Waals surface area contributed by atoms with Gasteiger partial charge in [-0.3, -0.25) is 9.69 Å². The van der Waals surface area contributed by atoms with Gasteiger partial charge in [-0.2, -0.15) is 5.10 Å². The molecule has 1 fully saturated rings. The molecule has 0 saturated carbocycles. The molecule has 126 valence electrons. The zero-order valence-electron chi connectivity index (χ0n) is 13.8. The number of carbonyl (C=O) groups is 1. The van der Waals surface area contributed by atoms with Crippen LogP contribution in [0.3, 0.4) is 0 Å². The average molecular weight is 325 g/mol. The van der Waals surface area contributed by atoms with Crippen LogP contribution in [0, 0.1) is 5.92 Å². The van der Waals surface area contributed by atoms with Crippen LogP contribution in [0.15, 0.2) is 30.3 Å². The molecule has 1 saturated heterocycles. The fourth-order valence-corrected chi connectivity index (χ4v) is 4.04. The maximum atomic E-state index is 11.3. The van der Waals surface area contributed by atoms with Crippen molar-refractivity contribution in [1.82, 2.24) is 14.7 Å². The van der Waals surface area contributed by atoms with Crippen LogP contribution < -0.4 is 0 Å². The van der Waals surface area contributed by atoms with Gasteiger partial charge in [-0.1, -0.05) is 18.2 Å². The Morgan fingerprint density at radius 1 is 1.21 bits per heavy atom. The molecule has 0 amide bonds. The molecule has 0 radical (unpaired) electrons. The van der Waals surface area contributed by atoms with Gasteiger partial charge in [0, 0.05) is 18.8 Å². The second-order valence-electron chi connectivity index (χ2n) is 6.89. The van der Waals surface area contributed by atoms with E-state index in [-0.39, 0.29) is 5.92 Å². The number of rotatable bonds is 4. The number of hydrogen-bond acceptors (Lipinski definition) is 3. The molecule has 1 aliphatic carbocycles. The first-order valence-electron chi connectivity index (χ1n) is 8.82. The topological polar surface area (TPSA) is 58.4 Å². The molecule has 4 rings (SSSR count). The summed E-state index contributed by atoms with van der Waals surface area (Å²) >= 11 is 0. The van der Waals surface area contributed by atoms with Crippen molar-refractivity contribution in [2.24, 2.45) is 5.92 Å². The molecular formula is C19H23N3O2. The summed E-state index contributed by atoms with van der Waals surface area (Å²) in [6.07, 6.45) is 5.11. The number of nitrogens with zero attached hydrogens (tertiary/aromatic N) is 3. The van der Waals surface area contributed by atoms with Crippen molar-refractivity contribution in [3.63, 3.8) is 0 Å². The Kier molecular flexibility index (Phi) is 4.10. The minimum atomic E-state index is -0.667. The van der Waals surface area contributed by atoms with E-state index in [4.69, 9.17) is 5.10 Å². The van der Waals surface area contributed by atoms with Crippen LogP contribution in [-0.4, -0.2) is 38.8 Å². The van der Waals surface area contributed by atoms with Crippen LogP contribution in [0.25, 0.3) is 5.69 Å². The Balaban J connectivity index is 1.59. The van der Waals surface area contributed by atoms with E-state index in [1.165, 1.54) is 17.7 Å². The molecule has 2 aromatic rings. The third-order valence-electron chi connectivity index (χ3n) is 5.24. The molecule has 5 nitrogen and oxygen atoms in total. The summed E-state index contributed by atoms with van der Waals surface area (Å²) in [6, 6.07) is 10.3. The summed E-state index contributed by atoms with van der Waals surface area (Å²) in [6.45, 7) is 2.38. The minimum Gasteiger partial charge on any atom is -0.481 e. The van der Waals surface area contributed by atoms with Crippen LogP contribution in [-0.2, 0) is 24.2 Å². The second-order valence-corrected chi connectivity index (χ2v) is 6.89. The quantitative estimate of drug-likeness (QED) is 0.939. The van der Waals surface area contributed by atoms with Crippen LogP contribution in [0.5, 0.6) is 0 Å². The number of aromatic nitrogens is 2. The Hall–Kier alpha value is -2.14. The fraction of sp³-hybridized carbons (Fsp3) is 0.474. The molecule has 1 aromatic heterocycles. The highest BCUT2D eigenvalue weighted by molar-refractivity contribution is 5.70. The number of aliphatic carboxylic acids is 1. The molecule has 1 N–H and O–H groups in total. The number of carboxylic acids is 1. The number of fused-ring (bicyclic) bond motifs is 1. The number of likely N-dealkylation sites (tertiary alicyclic amines) is 1. The van der Waals surface area contributed by atoms with E-state index in [1.807, 2.05) is 18.2 Å². The van der Waals surface area contributed by atoms with Gasteiger partial charge in [-0.15, -0.1) is 0 Å². The van der Waals surface area contributed by atoms with E-state index in [0.717, 1.165) is 50.2 Å². The zero-order valence-corrected chi connectivity index (χ0v) is 13.8. The highest BCUT2D eigenvalue weighted by Crippen LogP contribution is 2.29. The molecule has 24 heavy (non-hydrogen) atoms.